The Morgan fingerprint density at radius 2 is 1.76 bits per heavy atom. The van der Waals surface area contributed by atoms with Gasteiger partial charge in [0.2, 0.25) is 17.4 Å². The van der Waals surface area contributed by atoms with Gasteiger partial charge in [0.25, 0.3) is 0 Å². The van der Waals surface area contributed by atoms with Gasteiger partial charge in [-0.2, -0.15) is 5.10 Å². The van der Waals surface area contributed by atoms with Crippen molar-refractivity contribution >= 4 is 22.5 Å². The average Bonchev–Trinajstić information content (AvgIpc) is 3.69. The number of benzene rings is 2. The smallest absolute Gasteiger partial charge is 0.219 e. The molecule has 2 fully saturated rings. The van der Waals surface area contributed by atoms with Crippen molar-refractivity contribution in [2.24, 2.45) is 0 Å². The van der Waals surface area contributed by atoms with Gasteiger partial charge < -0.3 is 30.4 Å². The van der Waals surface area contributed by atoms with Crippen molar-refractivity contribution in [2.75, 3.05) is 31.9 Å². The van der Waals surface area contributed by atoms with Gasteiger partial charge in [0.05, 0.1) is 29.3 Å². The Hall–Kier alpha value is -4.81. The third-order valence-electron chi connectivity index (χ3n) is 9.74. The number of likely N-dealkylation sites (tertiary alicyclic amines) is 1. The van der Waals surface area contributed by atoms with Crippen LogP contribution >= 0.6 is 0 Å². The van der Waals surface area contributed by atoms with Crippen LogP contribution in [0.4, 0.5) is 14.6 Å². The number of ketones is 1. The molecule has 7 rings (SSSR count). The zero-order valence-corrected chi connectivity index (χ0v) is 27.9. The van der Waals surface area contributed by atoms with Gasteiger partial charge in [0.1, 0.15) is 17.7 Å². The largest absolute Gasteiger partial charge is 0.490 e. The predicted octanol–water partition coefficient (Wildman–Crippen LogP) is 6.66. The standard InChI is InChI=1S/C37H41F2N7O3/c1-21(2)45-13-9-25(10-14-45)48-33-17-24-16-31(44-30(24)18-26(33)23-7-11-41-12-8-23)35(47)27-19-43-46(37(27)40)32-20-42-34(15-22(32)3)49-36-28(38)5-4-6-29(36)39/h4-6,15-21,23,25,41,44H,7-14,40H2,1-3H3. The van der Waals surface area contributed by atoms with Gasteiger partial charge in [-0.1, -0.05) is 6.07 Å². The van der Waals surface area contributed by atoms with Gasteiger partial charge >= 0.3 is 0 Å². The summed E-state index contributed by atoms with van der Waals surface area (Å²) in [6, 6.07) is 11.6. The summed E-state index contributed by atoms with van der Waals surface area (Å²) in [6.45, 7) is 10.2. The third-order valence-corrected chi connectivity index (χ3v) is 9.74. The molecule has 0 saturated carbocycles. The van der Waals surface area contributed by atoms with Crippen LogP contribution in [0.25, 0.3) is 16.6 Å². The first-order chi connectivity index (χ1) is 23.7. The maximum absolute atomic E-state index is 14.1. The molecular formula is C37H41F2N7O3. The number of carbonyl (C=O) groups excluding carboxylic acids is 1. The summed E-state index contributed by atoms with van der Waals surface area (Å²) in [5.41, 5.74) is 10.3. The lowest BCUT2D eigenvalue weighted by atomic mass is 9.89. The topological polar surface area (TPSA) is 123 Å². The molecule has 49 heavy (non-hydrogen) atoms. The zero-order valence-electron chi connectivity index (χ0n) is 27.9. The molecule has 5 heterocycles. The number of carbonyl (C=O) groups is 1. The molecule has 256 valence electrons. The summed E-state index contributed by atoms with van der Waals surface area (Å²) in [6.07, 6.45) is 7.03. The minimum atomic E-state index is -0.839. The summed E-state index contributed by atoms with van der Waals surface area (Å²) >= 11 is 0. The number of nitrogen functional groups attached to an aromatic ring is 1. The number of nitrogens with one attached hydrogen (secondary N) is 2. The van der Waals surface area contributed by atoms with E-state index in [2.05, 4.69) is 51.3 Å². The lowest BCUT2D eigenvalue weighted by Crippen LogP contribution is -2.41. The first-order valence-electron chi connectivity index (χ1n) is 16.9. The number of aryl methyl sites for hydroxylation is 1. The van der Waals surface area contributed by atoms with Crippen LogP contribution in [-0.4, -0.2) is 68.8 Å². The summed E-state index contributed by atoms with van der Waals surface area (Å²) < 4.78 is 41.7. The van der Waals surface area contributed by atoms with Crippen molar-refractivity contribution < 1.29 is 23.0 Å². The number of ether oxygens (including phenoxy) is 2. The van der Waals surface area contributed by atoms with Crippen LogP contribution < -0.4 is 20.5 Å². The average molecular weight is 670 g/mol. The van der Waals surface area contributed by atoms with E-state index in [9.17, 15) is 13.6 Å². The third kappa shape index (κ3) is 6.62. The van der Waals surface area contributed by atoms with Gasteiger partial charge in [0, 0.05) is 36.1 Å². The van der Waals surface area contributed by atoms with E-state index in [1.54, 1.807) is 6.92 Å². The molecule has 2 aliphatic heterocycles. The van der Waals surface area contributed by atoms with Crippen molar-refractivity contribution in [1.29, 1.82) is 0 Å². The summed E-state index contributed by atoms with van der Waals surface area (Å²) in [7, 11) is 0. The SMILES string of the molecule is Cc1cc(Oc2c(F)cccc2F)ncc1-n1ncc(C(=O)c2cc3cc(OC4CCN(C(C)C)CC4)c(C4CCNCC4)cc3[nH]2)c1N. The number of halogens is 2. The Labute approximate surface area is 283 Å². The molecule has 0 spiro atoms. The van der Waals surface area contributed by atoms with Crippen molar-refractivity contribution in [2.45, 2.75) is 64.5 Å². The maximum atomic E-state index is 14.1. The molecule has 0 amide bonds. The predicted molar refractivity (Wildman–Crippen MR) is 184 cm³/mol. The number of nitrogens with zero attached hydrogens (tertiary/aromatic N) is 4. The number of H-pyrrole nitrogens is 1. The minimum Gasteiger partial charge on any atom is -0.490 e. The second kappa shape index (κ2) is 13.6. The number of hydrogen-bond donors (Lipinski definition) is 3. The molecule has 4 N–H and O–H groups in total. The number of piperidine rings is 2. The van der Waals surface area contributed by atoms with Gasteiger partial charge in [-0.15, -0.1) is 0 Å². The molecule has 2 aliphatic rings. The highest BCUT2D eigenvalue weighted by Gasteiger charge is 2.27. The Morgan fingerprint density at radius 3 is 2.45 bits per heavy atom. The van der Waals surface area contributed by atoms with E-state index in [0.717, 1.165) is 80.6 Å². The van der Waals surface area contributed by atoms with Crippen molar-refractivity contribution in [3.05, 3.63) is 88.9 Å². The molecule has 10 nitrogen and oxygen atoms in total. The molecule has 0 unspecified atom stereocenters. The molecule has 12 heteroatoms. The first-order valence-corrected chi connectivity index (χ1v) is 16.9. The molecule has 3 aromatic heterocycles. The van der Waals surface area contributed by atoms with Gasteiger partial charge in [0.15, 0.2) is 11.6 Å². The van der Waals surface area contributed by atoms with Crippen molar-refractivity contribution in [3.8, 4) is 23.1 Å². The Morgan fingerprint density at radius 1 is 1.02 bits per heavy atom. The van der Waals surface area contributed by atoms with E-state index in [0.29, 0.717) is 28.9 Å². The van der Waals surface area contributed by atoms with E-state index in [1.165, 1.54) is 34.8 Å². The Balaban J connectivity index is 1.14. The molecular weight excluding hydrogens is 628 g/mol. The molecule has 0 aliphatic carbocycles. The molecule has 2 aromatic carbocycles. The van der Waals surface area contributed by atoms with E-state index in [-0.39, 0.29) is 29.1 Å². The summed E-state index contributed by atoms with van der Waals surface area (Å²) in [5, 5.41) is 8.74. The quantitative estimate of drug-likeness (QED) is 0.149. The van der Waals surface area contributed by atoms with Crippen LogP contribution in [0.3, 0.4) is 0 Å². The van der Waals surface area contributed by atoms with Crippen molar-refractivity contribution in [3.63, 3.8) is 0 Å². The molecule has 5 aromatic rings. The summed E-state index contributed by atoms with van der Waals surface area (Å²) in [5.74, 6) is -1.11. The number of para-hydroxylation sites is 1. The minimum absolute atomic E-state index is 0.00132. The fourth-order valence-electron chi connectivity index (χ4n) is 6.90. The highest BCUT2D eigenvalue weighted by Crippen LogP contribution is 2.38. The number of pyridine rings is 1. The lowest BCUT2D eigenvalue weighted by Gasteiger charge is -2.35. The van der Waals surface area contributed by atoms with Gasteiger partial charge in [-0.05, 0) is 107 Å². The second-order valence-electron chi connectivity index (χ2n) is 13.3. The van der Waals surface area contributed by atoms with E-state index >= 15 is 0 Å². The monoisotopic (exact) mass is 669 g/mol. The van der Waals surface area contributed by atoms with Gasteiger partial charge in [-0.25, -0.2) is 18.4 Å². The number of hydrogen-bond acceptors (Lipinski definition) is 8. The number of anilines is 1. The fraction of sp³-hybridized carbons (Fsp3) is 0.378. The second-order valence-corrected chi connectivity index (χ2v) is 13.3. The van der Waals surface area contributed by atoms with Gasteiger partial charge in [-0.3, -0.25) is 4.79 Å². The van der Waals surface area contributed by atoms with Crippen LogP contribution in [-0.2, 0) is 0 Å². The molecule has 2 saturated heterocycles. The highest BCUT2D eigenvalue weighted by molar-refractivity contribution is 6.12. The molecule has 0 bridgehead atoms. The Kier molecular flexibility index (Phi) is 9.08. The normalized spacial score (nSPS) is 16.4. The number of nitrogens with two attached hydrogens (primary N) is 1. The van der Waals surface area contributed by atoms with Crippen LogP contribution in [0.5, 0.6) is 17.4 Å². The van der Waals surface area contributed by atoms with Crippen LogP contribution in [0.2, 0.25) is 0 Å². The maximum Gasteiger partial charge on any atom is 0.219 e. The van der Waals surface area contributed by atoms with E-state index < -0.39 is 17.4 Å². The molecule has 0 atom stereocenters. The van der Waals surface area contributed by atoms with Crippen LogP contribution in [0, 0.1) is 18.6 Å². The van der Waals surface area contributed by atoms with E-state index in [1.807, 2.05) is 6.07 Å². The first kappa shape index (κ1) is 32.7. The lowest BCUT2D eigenvalue weighted by molar-refractivity contribution is 0.0833. The fourth-order valence-corrected chi connectivity index (χ4v) is 6.90. The van der Waals surface area contributed by atoms with Crippen molar-refractivity contribution in [1.82, 2.24) is 30.0 Å². The zero-order chi connectivity index (χ0) is 34.2. The molecule has 0 radical (unpaired) electrons. The number of aromatic amines is 1. The van der Waals surface area contributed by atoms with Crippen LogP contribution in [0.1, 0.15) is 72.6 Å². The van der Waals surface area contributed by atoms with E-state index in [4.69, 9.17) is 15.2 Å². The van der Waals surface area contributed by atoms with Crippen LogP contribution in [0.15, 0.2) is 54.9 Å². The number of aromatic nitrogens is 4. The summed E-state index contributed by atoms with van der Waals surface area (Å²) in [4.78, 5) is 23.9. The Bertz CT molecular complexity index is 1970. The number of rotatable bonds is 9. The highest BCUT2D eigenvalue weighted by atomic mass is 19.1. The number of fused-ring (bicyclic) bond motifs is 1.